The minimum Gasteiger partial charge on any atom is -0.456 e. The van der Waals surface area contributed by atoms with E-state index in [1.165, 1.54) is 0 Å². The van der Waals surface area contributed by atoms with Gasteiger partial charge in [0.15, 0.2) is 5.82 Å². The minimum atomic E-state index is 0.714. The van der Waals surface area contributed by atoms with Gasteiger partial charge in [-0.05, 0) is 53.1 Å². The second kappa shape index (κ2) is 12.6. The summed E-state index contributed by atoms with van der Waals surface area (Å²) in [6.45, 7) is 0. The van der Waals surface area contributed by atoms with Crippen LogP contribution in [-0.4, -0.2) is 15.0 Å². The summed E-state index contributed by atoms with van der Waals surface area (Å²) in [6, 6.07) is 65.6. The van der Waals surface area contributed by atoms with E-state index in [1.807, 2.05) is 36.4 Å². The second-order valence-corrected chi connectivity index (χ2v) is 13.9. The summed E-state index contributed by atoms with van der Waals surface area (Å²) < 4.78 is 6.64. The zero-order valence-electron chi connectivity index (χ0n) is 29.6. The number of furan rings is 1. The van der Waals surface area contributed by atoms with E-state index in [0.29, 0.717) is 5.82 Å². The van der Waals surface area contributed by atoms with E-state index in [9.17, 15) is 0 Å². The van der Waals surface area contributed by atoms with E-state index >= 15 is 0 Å². The van der Waals surface area contributed by atoms with Gasteiger partial charge in [-0.25, -0.2) is 15.0 Å². The van der Waals surface area contributed by atoms with Crippen LogP contribution in [-0.2, 0) is 0 Å². The third-order valence-electron chi connectivity index (χ3n) is 10.6. The summed E-state index contributed by atoms with van der Waals surface area (Å²) in [4.78, 5) is 15.4. The SMILES string of the molecule is c1ccc(-c2nc(-c3cccc(-c4cccc(-c5c6c(cc7c(-c8ccccc8)nc8ccccc8c57)oc5ccccc56)c4)c3)c3ccccc3n2)cc1. The average molecular weight is 702 g/mol. The van der Waals surface area contributed by atoms with Gasteiger partial charge in [-0.15, -0.1) is 0 Å². The third kappa shape index (κ3) is 5.19. The highest BCUT2D eigenvalue weighted by Gasteiger charge is 2.22. The Hall–Kier alpha value is -7.43. The third-order valence-corrected chi connectivity index (χ3v) is 10.6. The summed E-state index contributed by atoms with van der Waals surface area (Å²) in [5.74, 6) is 0.714. The van der Waals surface area contributed by atoms with Crippen molar-refractivity contribution in [1.82, 2.24) is 15.0 Å². The number of aromatic nitrogens is 3. The van der Waals surface area contributed by atoms with Crippen LogP contribution >= 0.6 is 0 Å². The molecule has 0 bridgehead atoms. The lowest BCUT2D eigenvalue weighted by atomic mass is 9.88. The predicted octanol–water partition coefficient (Wildman–Crippen LogP) is 13.6. The van der Waals surface area contributed by atoms with E-state index in [-0.39, 0.29) is 0 Å². The molecule has 11 rings (SSSR count). The Labute approximate surface area is 317 Å². The molecule has 0 saturated heterocycles. The van der Waals surface area contributed by atoms with Crippen molar-refractivity contribution in [3.05, 3.63) is 188 Å². The number of pyridine rings is 1. The number of rotatable bonds is 5. The fourth-order valence-electron chi connectivity index (χ4n) is 8.13. The Morgan fingerprint density at radius 2 is 0.855 bits per heavy atom. The first-order valence-corrected chi connectivity index (χ1v) is 18.5. The van der Waals surface area contributed by atoms with E-state index in [0.717, 1.165) is 105 Å². The zero-order chi connectivity index (χ0) is 36.3. The molecule has 3 heterocycles. The maximum Gasteiger partial charge on any atom is 0.160 e. The predicted molar refractivity (Wildman–Crippen MR) is 227 cm³/mol. The molecule has 0 radical (unpaired) electrons. The molecule has 0 fully saturated rings. The van der Waals surface area contributed by atoms with Gasteiger partial charge in [0.05, 0.1) is 22.4 Å². The Bertz CT molecular complexity index is 3260. The van der Waals surface area contributed by atoms with Crippen molar-refractivity contribution in [3.63, 3.8) is 0 Å². The number of benzene rings is 8. The molecule has 0 amide bonds. The van der Waals surface area contributed by atoms with E-state index in [1.54, 1.807) is 0 Å². The molecule has 55 heavy (non-hydrogen) atoms. The molecule has 4 nitrogen and oxygen atoms in total. The topological polar surface area (TPSA) is 51.8 Å². The van der Waals surface area contributed by atoms with Crippen molar-refractivity contribution in [3.8, 4) is 56.2 Å². The largest absolute Gasteiger partial charge is 0.456 e. The molecule has 0 spiro atoms. The van der Waals surface area contributed by atoms with Crippen molar-refractivity contribution in [1.29, 1.82) is 0 Å². The molecule has 0 aliphatic rings. The highest BCUT2D eigenvalue weighted by atomic mass is 16.3. The van der Waals surface area contributed by atoms with E-state index in [4.69, 9.17) is 19.4 Å². The van der Waals surface area contributed by atoms with Crippen molar-refractivity contribution >= 4 is 54.5 Å². The zero-order valence-corrected chi connectivity index (χ0v) is 29.6. The van der Waals surface area contributed by atoms with Crippen LogP contribution in [0.4, 0.5) is 0 Å². The Morgan fingerprint density at radius 1 is 0.309 bits per heavy atom. The van der Waals surface area contributed by atoms with Gasteiger partial charge in [-0.1, -0.05) is 152 Å². The Kier molecular flexibility index (Phi) is 7.14. The molecule has 11 aromatic rings. The van der Waals surface area contributed by atoms with Crippen molar-refractivity contribution in [2.24, 2.45) is 0 Å². The maximum atomic E-state index is 6.64. The van der Waals surface area contributed by atoms with Crippen molar-refractivity contribution in [2.45, 2.75) is 0 Å². The number of nitrogens with zero attached hydrogens (tertiary/aromatic N) is 3. The average Bonchev–Trinajstić information content (AvgIpc) is 3.64. The van der Waals surface area contributed by atoms with Gasteiger partial charge in [0.25, 0.3) is 0 Å². The van der Waals surface area contributed by atoms with Crippen LogP contribution < -0.4 is 0 Å². The molecular weight excluding hydrogens is 671 g/mol. The molecule has 256 valence electrons. The first-order valence-electron chi connectivity index (χ1n) is 18.5. The summed E-state index contributed by atoms with van der Waals surface area (Å²) in [5, 5.41) is 6.54. The van der Waals surface area contributed by atoms with Gasteiger partial charge in [0, 0.05) is 54.6 Å². The lowest BCUT2D eigenvalue weighted by Gasteiger charge is -2.16. The summed E-state index contributed by atoms with van der Waals surface area (Å²) in [6.07, 6.45) is 0. The number of hydrogen-bond acceptors (Lipinski definition) is 4. The quantitative estimate of drug-likeness (QED) is 0.168. The molecule has 0 N–H and O–H groups in total. The van der Waals surface area contributed by atoms with Gasteiger partial charge < -0.3 is 4.42 Å². The highest BCUT2D eigenvalue weighted by molar-refractivity contribution is 6.27. The van der Waals surface area contributed by atoms with Crippen molar-refractivity contribution < 1.29 is 4.42 Å². The summed E-state index contributed by atoms with van der Waals surface area (Å²) in [5.41, 5.74) is 13.0. The van der Waals surface area contributed by atoms with E-state index in [2.05, 4.69) is 152 Å². The van der Waals surface area contributed by atoms with Crippen LogP contribution in [0.1, 0.15) is 0 Å². The summed E-state index contributed by atoms with van der Waals surface area (Å²) in [7, 11) is 0. The maximum absolute atomic E-state index is 6.64. The first-order chi connectivity index (χ1) is 27.3. The van der Waals surface area contributed by atoms with Gasteiger partial charge in [0.2, 0.25) is 0 Å². The molecule has 8 aromatic carbocycles. The number of para-hydroxylation sites is 3. The Morgan fingerprint density at radius 3 is 1.62 bits per heavy atom. The molecule has 0 aliphatic heterocycles. The monoisotopic (exact) mass is 701 g/mol. The second-order valence-electron chi connectivity index (χ2n) is 13.9. The molecule has 0 saturated carbocycles. The fourth-order valence-corrected chi connectivity index (χ4v) is 8.13. The first kappa shape index (κ1) is 31.1. The normalized spacial score (nSPS) is 11.6. The van der Waals surface area contributed by atoms with Crippen LogP contribution in [0, 0.1) is 0 Å². The Balaban J connectivity index is 1.16. The lowest BCUT2D eigenvalue weighted by Crippen LogP contribution is -1.95. The van der Waals surface area contributed by atoms with Gasteiger partial charge in [-0.3, -0.25) is 0 Å². The van der Waals surface area contributed by atoms with E-state index < -0.39 is 0 Å². The van der Waals surface area contributed by atoms with Gasteiger partial charge >= 0.3 is 0 Å². The lowest BCUT2D eigenvalue weighted by molar-refractivity contribution is 0.669. The molecule has 0 unspecified atom stereocenters. The molecule has 0 atom stereocenters. The molecule has 0 aliphatic carbocycles. The molecular formula is C51H31N3O. The van der Waals surface area contributed by atoms with Gasteiger partial charge in [0.1, 0.15) is 11.2 Å². The molecule has 3 aromatic heterocycles. The van der Waals surface area contributed by atoms with Gasteiger partial charge in [-0.2, -0.15) is 0 Å². The van der Waals surface area contributed by atoms with Crippen LogP contribution in [0.15, 0.2) is 192 Å². The minimum absolute atomic E-state index is 0.714. The molecule has 4 heteroatoms. The number of hydrogen-bond donors (Lipinski definition) is 0. The van der Waals surface area contributed by atoms with Crippen LogP contribution in [0.25, 0.3) is 111 Å². The highest BCUT2D eigenvalue weighted by Crippen LogP contribution is 2.47. The smallest absolute Gasteiger partial charge is 0.160 e. The standard InChI is InChI=1S/C51H31N3O/c1-3-15-32(16-4-1)49-41-31-45-48(40-25-9-12-28-44(40)55-45)46(47(41)38-23-7-10-26-42(38)52-49)36-21-13-19-34(29-36)35-20-14-22-37(30-35)50-39-24-8-11-27-43(39)53-51(54-50)33-17-5-2-6-18-33/h1-31H. The van der Waals surface area contributed by atoms with Crippen LogP contribution in [0.5, 0.6) is 0 Å². The number of fused-ring (bicyclic) bond motifs is 7. The fraction of sp³-hybridized carbons (Fsp3) is 0. The van der Waals surface area contributed by atoms with Crippen molar-refractivity contribution in [2.75, 3.05) is 0 Å². The van der Waals surface area contributed by atoms with Crippen LogP contribution in [0.2, 0.25) is 0 Å². The summed E-state index contributed by atoms with van der Waals surface area (Å²) >= 11 is 0. The van der Waals surface area contributed by atoms with Crippen LogP contribution in [0.3, 0.4) is 0 Å².